The number of anilines is 2. The van der Waals surface area contributed by atoms with Gasteiger partial charge in [-0.25, -0.2) is 4.39 Å². The van der Waals surface area contributed by atoms with Crippen molar-refractivity contribution in [3.8, 4) is 0 Å². The van der Waals surface area contributed by atoms with Gasteiger partial charge in [0.15, 0.2) is 0 Å². The van der Waals surface area contributed by atoms with Crippen molar-refractivity contribution in [3.63, 3.8) is 0 Å². The Balaban J connectivity index is 1.75. The topological polar surface area (TPSA) is 61.8 Å². The number of hydrogen-bond acceptors (Lipinski definition) is 3. The van der Waals surface area contributed by atoms with Gasteiger partial charge in [-0.2, -0.15) is 0 Å². The lowest BCUT2D eigenvalue weighted by molar-refractivity contribution is -0.123. The minimum Gasteiger partial charge on any atom is -0.325 e. The van der Waals surface area contributed by atoms with E-state index >= 15 is 0 Å². The van der Waals surface area contributed by atoms with E-state index in [1.54, 1.807) is 36.4 Å². The summed E-state index contributed by atoms with van der Waals surface area (Å²) in [4.78, 5) is 33.3. The predicted molar refractivity (Wildman–Crippen MR) is 148 cm³/mol. The van der Waals surface area contributed by atoms with Crippen LogP contribution in [0.15, 0.2) is 71.7 Å². The Morgan fingerprint density at radius 3 is 2.41 bits per heavy atom. The predicted octanol–water partition coefficient (Wildman–Crippen LogP) is 6.84. The Hall–Kier alpha value is -3.51. The van der Waals surface area contributed by atoms with E-state index in [0.29, 0.717) is 40.0 Å². The molecular weight excluding hydrogens is 489 g/mol. The molecule has 5 nitrogen and oxygen atoms in total. The summed E-state index contributed by atoms with van der Waals surface area (Å²) in [5.74, 6) is -0.853. The van der Waals surface area contributed by atoms with E-state index in [1.807, 2.05) is 38.1 Å². The van der Waals surface area contributed by atoms with Gasteiger partial charge in [-0.3, -0.25) is 14.6 Å². The summed E-state index contributed by atoms with van der Waals surface area (Å²) in [6.45, 7) is 7.90. The van der Waals surface area contributed by atoms with Gasteiger partial charge in [-0.1, -0.05) is 70.0 Å². The fourth-order valence-corrected chi connectivity index (χ4v) is 4.57. The fourth-order valence-electron chi connectivity index (χ4n) is 4.40. The zero-order chi connectivity index (χ0) is 26.7. The van der Waals surface area contributed by atoms with Crippen molar-refractivity contribution in [2.75, 3.05) is 16.8 Å². The number of nitrogens with one attached hydrogen (secondary N) is 1. The van der Waals surface area contributed by atoms with Crippen LogP contribution in [0.4, 0.5) is 15.8 Å². The number of benzene rings is 3. The van der Waals surface area contributed by atoms with Crippen LogP contribution in [0.25, 0.3) is 0 Å². The molecule has 0 saturated carbocycles. The van der Waals surface area contributed by atoms with E-state index in [1.165, 1.54) is 16.5 Å². The van der Waals surface area contributed by atoms with Crippen molar-refractivity contribution >= 4 is 40.5 Å². The van der Waals surface area contributed by atoms with Crippen molar-refractivity contribution in [1.29, 1.82) is 0 Å². The Labute approximate surface area is 222 Å². The Bertz CT molecular complexity index is 1340. The molecule has 0 bridgehead atoms. The molecule has 3 aromatic carbocycles. The first-order valence-corrected chi connectivity index (χ1v) is 12.9. The Kier molecular flexibility index (Phi) is 8.08. The van der Waals surface area contributed by atoms with Crippen LogP contribution in [0.2, 0.25) is 5.02 Å². The van der Waals surface area contributed by atoms with Gasteiger partial charge >= 0.3 is 0 Å². The average Bonchev–Trinajstić information content (AvgIpc) is 2.99. The van der Waals surface area contributed by atoms with Crippen molar-refractivity contribution in [3.05, 3.63) is 94.3 Å². The molecule has 0 unspecified atom stereocenters. The molecule has 0 radical (unpaired) electrons. The molecule has 1 N–H and O–H groups in total. The number of rotatable bonds is 7. The number of carbonyl (C=O) groups is 2. The number of halogens is 2. The SMILES string of the molecule is CC[C@H](C)[C@@H]1N=C(c2ccccc2F)c2cc(Cl)ccc2N(CC(=O)Nc2ccc(C(C)C)cc2)C1=O. The Morgan fingerprint density at radius 1 is 1.05 bits per heavy atom. The van der Waals surface area contributed by atoms with E-state index in [0.717, 1.165) is 0 Å². The first kappa shape index (κ1) is 26.6. The summed E-state index contributed by atoms with van der Waals surface area (Å²) in [7, 11) is 0. The summed E-state index contributed by atoms with van der Waals surface area (Å²) in [5, 5.41) is 3.32. The van der Waals surface area contributed by atoms with E-state index in [4.69, 9.17) is 16.6 Å². The van der Waals surface area contributed by atoms with Gasteiger partial charge < -0.3 is 10.2 Å². The highest BCUT2D eigenvalue weighted by molar-refractivity contribution is 6.32. The van der Waals surface area contributed by atoms with Crippen LogP contribution in [-0.4, -0.2) is 30.1 Å². The normalized spacial score (nSPS) is 16.2. The summed E-state index contributed by atoms with van der Waals surface area (Å²) < 4.78 is 15.0. The molecule has 2 atom stereocenters. The number of carbonyl (C=O) groups excluding carboxylic acids is 2. The summed E-state index contributed by atoms with van der Waals surface area (Å²) in [6, 6.07) is 18.2. The van der Waals surface area contributed by atoms with Gasteiger partial charge in [0.1, 0.15) is 18.4 Å². The van der Waals surface area contributed by atoms with Crippen LogP contribution in [0, 0.1) is 11.7 Å². The smallest absolute Gasteiger partial charge is 0.252 e. The van der Waals surface area contributed by atoms with Gasteiger partial charge in [0, 0.05) is 21.8 Å². The molecule has 3 aromatic rings. The zero-order valence-electron chi connectivity index (χ0n) is 21.5. The molecule has 37 heavy (non-hydrogen) atoms. The molecule has 0 fully saturated rings. The molecule has 1 aliphatic rings. The average molecular weight is 520 g/mol. The van der Waals surface area contributed by atoms with Gasteiger partial charge in [0.05, 0.1) is 11.4 Å². The second-order valence-electron chi connectivity index (χ2n) is 9.70. The maximum absolute atomic E-state index is 15.0. The number of nitrogens with zero attached hydrogens (tertiary/aromatic N) is 2. The van der Waals surface area contributed by atoms with Crippen LogP contribution in [0.5, 0.6) is 0 Å². The quantitative estimate of drug-likeness (QED) is 0.371. The minimum absolute atomic E-state index is 0.131. The van der Waals surface area contributed by atoms with Crippen molar-refractivity contribution in [2.45, 2.75) is 46.1 Å². The van der Waals surface area contributed by atoms with Gasteiger partial charge in [-0.05, 0) is 59.9 Å². The van der Waals surface area contributed by atoms with Gasteiger partial charge in [-0.15, -0.1) is 0 Å². The highest BCUT2D eigenvalue weighted by Crippen LogP contribution is 2.33. The molecule has 0 aliphatic carbocycles. The van der Waals surface area contributed by atoms with E-state index < -0.39 is 11.9 Å². The zero-order valence-corrected chi connectivity index (χ0v) is 22.2. The summed E-state index contributed by atoms with van der Waals surface area (Å²) in [5.41, 5.74) is 3.42. The molecule has 1 heterocycles. The summed E-state index contributed by atoms with van der Waals surface area (Å²) in [6.07, 6.45) is 0.684. The van der Waals surface area contributed by atoms with E-state index in [2.05, 4.69) is 19.2 Å². The lowest BCUT2D eigenvalue weighted by atomic mass is 9.97. The molecule has 0 saturated heterocycles. The monoisotopic (exact) mass is 519 g/mol. The van der Waals surface area contributed by atoms with Crippen LogP contribution in [0.1, 0.15) is 56.7 Å². The number of aliphatic imine (C=N–C) groups is 1. The van der Waals surface area contributed by atoms with Crippen LogP contribution in [-0.2, 0) is 9.59 Å². The van der Waals surface area contributed by atoms with E-state index in [-0.39, 0.29) is 29.8 Å². The Morgan fingerprint density at radius 2 is 1.76 bits per heavy atom. The fraction of sp³-hybridized carbons (Fsp3) is 0.300. The third kappa shape index (κ3) is 5.75. The summed E-state index contributed by atoms with van der Waals surface area (Å²) >= 11 is 6.35. The van der Waals surface area contributed by atoms with Crippen molar-refractivity contribution in [2.24, 2.45) is 10.9 Å². The molecular formula is C30H31ClFN3O2. The molecule has 2 amide bonds. The number of hydrogen-bond donors (Lipinski definition) is 1. The highest BCUT2D eigenvalue weighted by Gasteiger charge is 2.36. The number of fused-ring (bicyclic) bond motifs is 1. The first-order chi connectivity index (χ1) is 17.7. The first-order valence-electron chi connectivity index (χ1n) is 12.5. The second kappa shape index (κ2) is 11.3. The third-order valence-electron chi connectivity index (χ3n) is 6.77. The van der Waals surface area contributed by atoms with Crippen molar-refractivity contribution in [1.82, 2.24) is 0 Å². The molecule has 0 spiro atoms. The minimum atomic E-state index is -0.788. The van der Waals surface area contributed by atoms with Gasteiger partial charge in [0.25, 0.3) is 5.91 Å². The molecule has 1 aliphatic heterocycles. The number of amides is 2. The maximum Gasteiger partial charge on any atom is 0.252 e. The maximum atomic E-state index is 15.0. The van der Waals surface area contributed by atoms with Crippen LogP contribution in [0.3, 0.4) is 0 Å². The van der Waals surface area contributed by atoms with Gasteiger partial charge in [0.2, 0.25) is 5.91 Å². The van der Waals surface area contributed by atoms with Crippen molar-refractivity contribution < 1.29 is 14.0 Å². The molecule has 7 heteroatoms. The van der Waals surface area contributed by atoms with Crippen LogP contribution < -0.4 is 10.2 Å². The largest absolute Gasteiger partial charge is 0.325 e. The van der Waals surface area contributed by atoms with Crippen LogP contribution >= 0.6 is 11.6 Å². The molecule has 0 aromatic heterocycles. The highest BCUT2D eigenvalue weighted by atomic mass is 35.5. The molecule has 4 rings (SSSR count). The lowest BCUT2D eigenvalue weighted by Crippen LogP contribution is -2.44. The van der Waals surface area contributed by atoms with E-state index in [9.17, 15) is 14.0 Å². The molecule has 192 valence electrons. The second-order valence-corrected chi connectivity index (χ2v) is 10.1. The standard InChI is InChI=1S/C30H31ClFN3O2/c1-5-19(4)28-30(37)35(17-27(36)33-22-13-10-20(11-14-22)18(2)3)26-15-12-21(31)16-24(26)29(34-28)23-8-6-7-9-25(23)32/h6-16,18-19,28H,5,17H2,1-4H3,(H,33,36)/t19-,28-/m0/s1. The lowest BCUT2D eigenvalue weighted by Gasteiger charge is -2.26. The third-order valence-corrected chi connectivity index (χ3v) is 7.00. The number of benzodiazepines with no additional fused rings is 1.